The highest BCUT2D eigenvalue weighted by Crippen LogP contribution is 2.54. The summed E-state index contributed by atoms with van der Waals surface area (Å²) in [6.45, 7) is 2.17. The lowest BCUT2D eigenvalue weighted by molar-refractivity contribution is -0.0931. The molecule has 2 aliphatic rings. The van der Waals surface area contributed by atoms with Crippen molar-refractivity contribution in [2.75, 3.05) is 0 Å². The number of carbonyl (C=O) groups is 1. The van der Waals surface area contributed by atoms with Crippen molar-refractivity contribution in [3.05, 3.63) is 93.0 Å². The van der Waals surface area contributed by atoms with Gasteiger partial charge in [0, 0.05) is 16.9 Å². The minimum absolute atomic E-state index is 0.147. The molecule has 2 fully saturated rings. The Labute approximate surface area is 234 Å². The van der Waals surface area contributed by atoms with E-state index in [4.69, 9.17) is 32.5 Å². The van der Waals surface area contributed by atoms with Crippen LogP contribution in [-0.2, 0) is 17.6 Å². The topological polar surface area (TPSA) is 119 Å². The summed E-state index contributed by atoms with van der Waals surface area (Å²) in [5.74, 6) is 0.388. The van der Waals surface area contributed by atoms with Crippen LogP contribution in [0.4, 0.5) is 0 Å². The van der Waals surface area contributed by atoms with Crippen LogP contribution in [0.3, 0.4) is 0 Å². The fourth-order valence-electron chi connectivity index (χ4n) is 5.46. The first-order valence-corrected chi connectivity index (χ1v) is 13.4. The molecule has 0 bridgehead atoms. The van der Waals surface area contributed by atoms with E-state index in [2.05, 4.69) is 15.1 Å². The summed E-state index contributed by atoms with van der Waals surface area (Å²) in [6.07, 6.45) is 6.06. The monoisotopic (exact) mass is 565 g/mol. The first-order valence-electron chi connectivity index (χ1n) is 12.6. The fourth-order valence-corrected chi connectivity index (χ4v) is 6.04. The third-order valence-corrected chi connectivity index (χ3v) is 8.22. The van der Waals surface area contributed by atoms with Gasteiger partial charge in [-0.05, 0) is 55.5 Å². The maximum Gasteiger partial charge on any atom is 0.335 e. The molecule has 2 heterocycles. The van der Waals surface area contributed by atoms with E-state index in [9.17, 15) is 15.0 Å². The summed E-state index contributed by atoms with van der Waals surface area (Å²) in [5.41, 5.74) is 1.87. The predicted octanol–water partition coefficient (Wildman–Crippen LogP) is 6.53. The van der Waals surface area contributed by atoms with Crippen molar-refractivity contribution >= 4 is 29.2 Å². The highest BCUT2D eigenvalue weighted by Gasteiger charge is 2.53. The second kappa shape index (κ2) is 9.62. The third kappa shape index (κ3) is 4.77. The van der Waals surface area contributed by atoms with Crippen LogP contribution in [-0.4, -0.2) is 31.3 Å². The zero-order chi connectivity index (χ0) is 27.4. The average Bonchev–Trinajstić information content (AvgIpc) is 3.67. The quantitative estimate of drug-likeness (QED) is 0.247. The van der Waals surface area contributed by atoms with Gasteiger partial charge in [-0.3, -0.25) is 4.98 Å². The minimum Gasteiger partial charge on any atom is -0.478 e. The number of aromatic carboxylic acids is 1. The highest BCUT2D eigenvalue weighted by atomic mass is 35.5. The molecule has 0 radical (unpaired) electrons. The van der Waals surface area contributed by atoms with Gasteiger partial charge in [-0.1, -0.05) is 53.5 Å². The van der Waals surface area contributed by atoms with E-state index in [-0.39, 0.29) is 12.2 Å². The molecular weight excluding hydrogens is 541 g/mol. The standard InChI is InChI=1S/C29H25Cl2N3O5/c1-28(14-29(37,15-28)18-5-2-4-17(10-18)27(35)36)22-11-33-23(12-32-22)38-13-19-25(34-39-26(19)16-8-9-16)24-20(30)6-3-7-21(24)31/h2-7,10-12,16,37H,8-9,13-15H2,1H3,(H,35,36). The van der Waals surface area contributed by atoms with Gasteiger partial charge in [0.05, 0.1) is 44.9 Å². The van der Waals surface area contributed by atoms with E-state index in [0.29, 0.717) is 51.5 Å². The van der Waals surface area contributed by atoms with Gasteiger partial charge in [0.15, 0.2) is 0 Å². The number of nitrogens with zero attached hydrogens (tertiary/aromatic N) is 3. The Hall–Kier alpha value is -3.46. The molecule has 0 saturated heterocycles. The van der Waals surface area contributed by atoms with E-state index >= 15 is 0 Å². The van der Waals surface area contributed by atoms with Gasteiger partial charge in [-0.15, -0.1) is 0 Å². The molecule has 0 atom stereocenters. The van der Waals surface area contributed by atoms with E-state index in [1.165, 1.54) is 12.1 Å². The second-order valence-electron chi connectivity index (χ2n) is 10.6. The van der Waals surface area contributed by atoms with E-state index < -0.39 is 17.0 Å². The van der Waals surface area contributed by atoms with Crippen LogP contribution < -0.4 is 4.74 Å². The Bertz CT molecular complexity index is 1540. The first-order chi connectivity index (χ1) is 18.7. The maximum absolute atomic E-state index is 11.3. The fraction of sp³-hybridized carbons (Fsp3) is 0.310. The van der Waals surface area contributed by atoms with Gasteiger partial charge >= 0.3 is 5.97 Å². The molecule has 39 heavy (non-hydrogen) atoms. The average molecular weight is 566 g/mol. The number of carboxylic acid groups (broad SMARTS) is 1. The number of benzene rings is 2. The lowest BCUT2D eigenvalue weighted by Gasteiger charge is -2.51. The van der Waals surface area contributed by atoms with Gasteiger partial charge < -0.3 is 19.5 Å². The van der Waals surface area contributed by atoms with Crippen LogP contribution in [0.2, 0.25) is 10.0 Å². The summed E-state index contributed by atoms with van der Waals surface area (Å²) >= 11 is 12.9. The SMILES string of the molecule is CC1(c2cnc(OCc3c(-c4c(Cl)cccc4Cl)noc3C3CC3)cn2)CC(O)(c2cccc(C(=O)O)c2)C1. The van der Waals surface area contributed by atoms with Crippen molar-refractivity contribution in [3.63, 3.8) is 0 Å². The van der Waals surface area contributed by atoms with Crippen LogP contribution >= 0.6 is 23.2 Å². The Morgan fingerprint density at radius 1 is 1.10 bits per heavy atom. The number of aromatic nitrogens is 3. The summed E-state index contributed by atoms with van der Waals surface area (Å²) in [5, 5.41) is 25.7. The first kappa shape index (κ1) is 25.8. The Morgan fingerprint density at radius 2 is 1.82 bits per heavy atom. The molecule has 0 spiro atoms. The van der Waals surface area contributed by atoms with E-state index in [1.54, 1.807) is 42.7 Å². The van der Waals surface area contributed by atoms with Crippen molar-refractivity contribution in [2.24, 2.45) is 0 Å². The summed E-state index contributed by atoms with van der Waals surface area (Å²) in [4.78, 5) is 20.4. The summed E-state index contributed by atoms with van der Waals surface area (Å²) in [6, 6.07) is 11.7. The summed E-state index contributed by atoms with van der Waals surface area (Å²) < 4.78 is 11.7. The largest absolute Gasteiger partial charge is 0.478 e. The van der Waals surface area contributed by atoms with E-state index in [1.807, 2.05) is 6.92 Å². The zero-order valence-electron chi connectivity index (χ0n) is 21.0. The molecule has 8 nitrogen and oxygen atoms in total. The normalized spacial score (nSPS) is 22.4. The minimum atomic E-state index is -1.12. The molecule has 10 heteroatoms. The van der Waals surface area contributed by atoms with Gasteiger partial charge in [-0.2, -0.15) is 0 Å². The van der Waals surface area contributed by atoms with Crippen LogP contribution in [0.25, 0.3) is 11.3 Å². The lowest BCUT2D eigenvalue weighted by atomic mass is 9.56. The zero-order valence-corrected chi connectivity index (χ0v) is 22.5. The van der Waals surface area contributed by atoms with Crippen LogP contribution in [0, 0.1) is 0 Å². The molecule has 0 unspecified atom stereocenters. The van der Waals surface area contributed by atoms with Crippen molar-refractivity contribution in [2.45, 2.75) is 56.1 Å². The number of aliphatic hydroxyl groups is 1. The Kier molecular flexibility index (Phi) is 6.37. The van der Waals surface area contributed by atoms with Crippen LogP contribution in [0.5, 0.6) is 5.88 Å². The van der Waals surface area contributed by atoms with Crippen molar-refractivity contribution in [3.8, 4) is 17.1 Å². The van der Waals surface area contributed by atoms with E-state index in [0.717, 1.165) is 29.9 Å². The van der Waals surface area contributed by atoms with Gasteiger partial charge in [0.1, 0.15) is 18.1 Å². The highest BCUT2D eigenvalue weighted by molar-refractivity contribution is 6.39. The second-order valence-corrected chi connectivity index (χ2v) is 11.4. The Morgan fingerprint density at radius 3 is 2.46 bits per heavy atom. The van der Waals surface area contributed by atoms with Gasteiger partial charge in [0.2, 0.25) is 5.88 Å². The molecule has 2 aromatic heterocycles. The van der Waals surface area contributed by atoms with Gasteiger partial charge in [-0.25, -0.2) is 9.78 Å². The third-order valence-electron chi connectivity index (χ3n) is 7.59. The van der Waals surface area contributed by atoms with Crippen molar-refractivity contribution in [1.29, 1.82) is 0 Å². The van der Waals surface area contributed by atoms with Gasteiger partial charge in [0.25, 0.3) is 0 Å². The number of hydrogen-bond donors (Lipinski definition) is 2. The molecule has 2 aromatic carbocycles. The molecule has 6 rings (SSSR count). The number of carboxylic acids is 1. The smallest absolute Gasteiger partial charge is 0.335 e. The molecule has 4 aromatic rings. The maximum atomic E-state index is 11.3. The van der Waals surface area contributed by atoms with Crippen LogP contribution in [0.1, 0.15) is 71.5 Å². The number of hydrogen-bond acceptors (Lipinski definition) is 7. The molecule has 0 amide bonds. The van der Waals surface area contributed by atoms with Crippen LogP contribution in [0.15, 0.2) is 59.4 Å². The molecular formula is C29H25Cl2N3O5. The van der Waals surface area contributed by atoms with Crippen molar-refractivity contribution in [1.82, 2.24) is 15.1 Å². The Balaban J connectivity index is 1.18. The number of halogens is 2. The molecule has 0 aliphatic heterocycles. The predicted molar refractivity (Wildman–Crippen MR) is 144 cm³/mol. The molecule has 2 saturated carbocycles. The molecule has 2 N–H and O–H groups in total. The molecule has 200 valence electrons. The summed E-state index contributed by atoms with van der Waals surface area (Å²) in [7, 11) is 0. The lowest BCUT2D eigenvalue weighted by Crippen LogP contribution is -2.51. The number of ether oxygens (including phenoxy) is 1. The van der Waals surface area contributed by atoms with Crippen molar-refractivity contribution < 1.29 is 24.3 Å². The number of rotatable bonds is 8. The molecule has 2 aliphatic carbocycles.